The van der Waals surface area contributed by atoms with Gasteiger partial charge in [0, 0.05) is 63.4 Å². The number of rotatable bonds is 0. The molecule has 0 amide bonds. The first-order valence-corrected chi connectivity index (χ1v) is 1.37. The molecule has 45 valence electrons. The normalized spacial score (nSPS) is 4.43. The summed E-state index contributed by atoms with van der Waals surface area (Å²) < 4.78 is 0. The fourth-order valence-electron chi connectivity index (χ4n) is 0. The minimum Gasteiger partial charge on any atom is -0.481 e. The van der Waals surface area contributed by atoms with Gasteiger partial charge in [-0.2, -0.15) is 0 Å². The molecular weight excluding hydrogens is 236 g/mol. The third kappa shape index (κ3) is 171. The first-order chi connectivity index (χ1) is 2.73. The summed E-state index contributed by atoms with van der Waals surface area (Å²) in [5.41, 5.74) is 0. The van der Waals surface area contributed by atoms with E-state index in [4.69, 9.17) is 15.0 Å². The summed E-state index contributed by atoms with van der Waals surface area (Å²) in [6, 6.07) is 0. The van der Waals surface area contributed by atoms with Crippen molar-refractivity contribution in [2.45, 2.75) is 6.92 Å². The third-order valence-electron chi connectivity index (χ3n) is 0. The number of carbonyl (C=O) groups is 1. The largest absolute Gasteiger partial charge is 0.481 e. The molecule has 2 N–H and O–H groups in total. The maximum atomic E-state index is 9.00. The average Bonchev–Trinajstić information content (AvgIpc) is 1.41. The number of carboxylic acids is 1. The number of hydrogen-bond donors (Lipinski definition) is 2. The summed E-state index contributed by atoms with van der Waals surface area (Å²) in [6.45, 7) is 1.08. The Morgan fingerprint density at radius 3 is 1.43 bits per heavy atom. The van der Waals surface area contributed by atoms with Crippen LogP contribution in [0.3, 0.4) is 0 Å². The molecule has 0 aromatic carbocycles. The summed E-state index contributed by atoms with van der Waals surface area (Å²) in [5.74, 6) is -0.833. The number of aliphatic hydroxyl groups is 1. The Hall–Kier alpha value is 1.01. The van der Waals surface area contributed by atoms with Crippen molar-refractivity contribution < 1.29 is 64.4 Å². The number of hydrogen-bond acceptors (Lipinski definition) is 2. The van der Waals surface area contributed by atoms with Gasteiger partial charge in [-0.3, -0.25) is 4.79 Å². The van der Waals surface area contributed by atoms with Crippen LogP contribution in [0.2, 0.25) is 0 Å². The molecule has 0 aliphatic carbocycles. The molecule has 7 heavy (non-hydrogen) atoms. The second-order valence-electron chi connectivity index (χ2n) is 0.519. The van der Waals surface area contributed by atoms with Gasteiger partial charge in [0.25, 0.3) is 5.97 Å². The Labute approximate surface area is 83.3 Å². The fourth-order valence-corrected chi connectivity index (χ4v) is 0. The van der Waals surface area contributed by atoms with E-state index in [1.165, 1.54) is 0 Å². The Balaban J connectivity index is -0.0000000480. The van der Waals surface area contributed by atoms with E-state index in [2.05, 4.69) is 0 Å². The summed E-state index contributed by atoms with van der Waals surface area (Å²) in [6.07, 6.45) is 0. The molecule has 0 spiro atoms. The molecule has 1 radical (unpaired) electrons. The second-order valence-corrected chi connectivity index (χ2v) is 0.519. The molecule has 0 aliphatic heterocycles. The van der Waals surface area contributed by atoms with Gasteiger partial charge < -0.3 is 10.2 Å². The molecule has 0 heterocycles. The molecular formula is C3H8EuO3. The van der Waals surface area contributed by atoms with Crippen LogP contribution in [0, 0.1) is 49.4 Å². The molecule has 0 saturated heterocycles. The quantitative estimate of drug-likeness (QED) is 0.615. The number of aliphatic carboxylic acids is 1. The molecule has 0 aliphatic rings. The van der Waals surface area contributed by atoms with Crippen LogP contribution >= 0.6 is 0 Å². The molecule has 0 bridgehead atoms. The Bertz CT molecular complexity index is 33.2. The van der Waals surface area contributed by atoms with Gasteiger partial charge in [-0.15, -0.1) is 0 Å². The maximum absolute atomic E-state index is 9.00. The molecule has 0 atom stereocenters. The number of carboxylic acid groups (broad SMARTS) is 1. The van der Waals surface area contributed by atoms with Gasteiger partial charge >= 0.3 is 0 Å². The predicted octanol–water partition coefficient (Wildman–Crippen LogP) is -0.301. The third-order valence-corrected chi connectivity index (χ3v) is 0. The van der Waals surface area contributed by atoms with Gasteiger partial charge in [0.05, 0.1) is 0 Å². The first kappa shape index (κ1) is 15.7. The monoisotopic (exact) mass is 245 g/mol. The van der Waals surface area contributed by atoms with Gasteiger partial charge in [0.1, 0.15) is 0 Å². The molecule has 0 fully saturated rings. The van der Waals surface area contributed by atoms with Gasteiger partial charge in [0.2, 0.25) is 0 Å². The Morgan fingerprint density at radius 1 is 1.43 bits per heavy atom. The molecule has 4 heteroatoms. The van der Waals surface area contributed by atoms with E-state index in [0.717, 1.165) is 14.0 Å². The predicted molar refractivity (Wildman–Crippen MR) is 21.5 cm³/mol. The van der Waals surface area contributed by atoms with Crippen LogP contribution in [0.5, 0.6) is 0 Å². The smallest absolute Gasteiger partial charge is 0.300 e. The summed E-state index contributed by atoms with van der Waals surface area (Å²) in [4.78, 5) is 9.00. The number of aliphatic hydroxyl groups excluding tert-OH is 1. The van der Waals surface area contributed by atoms with Crippen LogP contribution in [0.4, 0.5) is 0 Å². The minimum absolute atomic E-state index is 0. The summed E-state index contributed by atoms with van der Waals surface area (Å²) >= 11 is 0. The van der Waals surface area contributed by atoms with E-state index in [-0.39, 0.29) is 49.4 Å². The Morgan fingerprint density at radius 2 is 1.43 bits per heavy atom. The van der Waals surface area contributed by atoms with Crippen molar-refractivity contribution >= 4 is 5.97 Å². The van der Waals surface area contributed by atoms with Gasteiger partial charge in [-0.25, -0.2) is 0 Å². The second kappa shape index (κ2) is 15.7. The Kier molecular flexibility index (Phi) is 35.3. The summed E-state index contributed by atoms with van der Waals surface area (Å²) in [5, 5.41) is 14.4. The van der Waals surface area contributed by atoms with Crippen molar-refractivity contribution in [3.05, 3.63) is 0 Å². The van der Waals surface area contributed by atoms with E-state index in [1.807, 2.05) is 0 Å². The molecule has 0 aromatic heterocycles. The molecule has 0 aromatic rings. The van der Waals surface area contributed by atoms with E-state index < -0.39 is 5.97 Å². The van der Waals surface area contributed by atoms with E-state index in [1.54, 1.807) is 0 Å². The summed E-state index contributed by atoms with van der Waals surface area (Å²) in [7, 11) is 1.00. The van der Waals surface area contributed by atoms with E-state index in [0.29, 0.717) is 0 Å². The molecule has 0 rings (SSSR count). The first-order valence-electron chi connectivity index (χ1n) is 1.37. The maximum Gasteiger partial charge on any atom is 0.300 e. The van der Waals surface area contributed by atoms with Crippen LogP contribution in [-0.2, 0) is 4.79 Å². The van der Waals surface area contributed by atoms with Crippen LogP contribution in [-0.4, -0.2) is 23.3 Å². The van der Waals surface area contributed by atoms with Crippen molar-refractivity contribution in [2.24, 2.45) is 0 Å². The SMILES string of the molecule is CC(=O)O.CO.[Eu]. The van der Waals surface area contributed by atoms with Crippen molar-refractivity contribution in [1.82, 2.24) is 0 Å². The van der Waals surface area contributed by atoms with Gasteiger partial charge in [0.15, 0.2) is 0 Å². The van der Waals surface area contributed by atoms with Gasteiger partial charge in [-0.05, 0) is 0 Å². The van der Waals surface area contributed by atoms with Crippen LogP contribution < -0.4 is 0 Å². The fraction of sp³-hybridized carbons (Fsp3) is 0.667. The minimum atomic E-state index is -0.833. The van der Waals surface area contributed by atoms with Crippen molar-refractivity contribution in [3.8, 4) is 0 Å². The zero-order valence-electron chi connectivity index (χ0n) is 4.18. The standard InChI is InChI=1S/C2H4O2.CH4O.Eu/c1-2(3)4;1-2;/h1H3,(H,3,4);2H,1H3;. The van der Waals surface area contributed by atoms with Crippen LogP contribution in [0.25, 0.3) is 0 Å². The van der Waals surface area contributed by atoms with Crippen molar-refractivity contribution in [3.63, 3.8) is 0 Å². The molecule has 3 nitrogen and oxygen atoms in total. The zero-order valence-corrected chi connectivity index (χ0v) is 6.61. The molecule has 0 saturated carbocycles. The van der Waals surface area contributed by atoms with E-state index >= 15 is 0 Å². The molecule has 0 unspecified atom stereocenters. The van der Waals surface area contributed by atoms with Crippen molar-refractivity contribution in [2.75, 3.05) is 7.11 Å². The van der Waals surface area contributed by atoms with E-state index in [9.17, 15) is 0 Å². The van der Waals surface area contributed by atoms with Crippen LogP contribution in [0.15, 0.2) is 0 Å². The topological polar surface area (TPSA) is 57.5 Å². The zero-order chi connectivity index (χ0) is 5.58. The van der Waals surface area contributed by atoms with Gasteiger partial charge in [-0.1, -0.05) is 0 Å². The average molecular weight is 244 g/mol. The van der Waals surface area contributed by atoms with Crippen LogP contribution in [0.1, 0.15) is 6.92 Å². The van der Waals surface area contributed by atoms with Crippen molar-refractivity contribution in [1.29, 1.82) is 0 Å².